The fourth-order valence-electron chi connectivity index (χ4n) is 5.12. The summed E-state index contributed by atoms with van der Waals surface area (Å²) in [4.78, 5) is 10.5. The lowest BCUT2D eigenvalue weighted by Gasteiger charge is -2.27. The number of rotatable bonds is 1. The smallest absolute Gasteiger partial charge is 0.236 e. The predicted octanol–water partition coefficient (Wildman–Crippen LogP) is 7.27. The number of nitrogens with zero attached hydrogens (tertiary/aromatic N) is 4. The second kappa shape index (κ2) is 9.04. The molecule has 1 aliphatic heterocycles. The summed E-state index contributed by atoms with van der Waals surface area (Å²) in [7, 11) is 2.18. The summed E-state index contributed by atoms with van der Waals surface area (Å²) in [6.07, 6.45) is 3.33. The van der Waals surface area contributed by atoms with Gasteiger partial charge in [0.1, 0.15) is 16.9 Å². The zero-order valence-corrected chi connectivity index (χ0v) is 22.7. The number of pyridine rings is 1. The molecule has 1 aliphatic rings. The predicted molar refractivity (Wildman–Crippen MR) is 141 cm³/mol. The van der Waals surface area contributed by atoms with E-state index in [4.69, 9.17) is 9.97 Å². The van der Waals surface area contributed by atoms with Crippen molar-refractivity contribution in [2.45, 2.75) is 99.3 Å². The number of hydrogen-bond donors (Lipinski definition) is 0. The van der Waals surface area contributed by atoms with Gasteiger partial charge in [0.2, 0.25) is 0 Å². The monoisotopic (exact) mass is 447 g/mol. The van der Waals surface area contributed by atoms with Crippen LogP contribution in [0.4, 0.5) is 0 Å². The van der Waals surface area contributed by atoms with E-state index in [0.717, 1.165) is 30.6 Å². The first-order valence-electron chi connectivity index (χ1n) is 12.8. The van der Waals surface area contributed by atoms with Crippen LogP contribution in [0.15, 0.2) is 24.3 Å². The van der Waals surface area contributed by atoms with Gasteiger partial charge < -0.3 is 0 Å². The highest BCUT2D eigenvalue weighted by molar-refractivity contribution is 5.98. The van der Waals surface area contributed by atoms with Gasteiger partial charge in [0.05, 0.1) is 18.3 Å². The molecule has 0 spiro atoms. The van der Waals surface area contributed by atoms with E-state index in [9.17, 15) is 0 Å². The molecule has 0 aliphatic carbocycles. The van der Waals surface area contributed by atoms with Gasteiger partial charge in [-0.05, 0) is 45.2 Å². The SMILES string of the molecule is CC.CC.CCC1(C)CCC(C)(C)c2nc1c1c(n2)c(C)c(C)n2c3ccccc3[n+](C)c12. The van der Waals surface area contributed by atoms with Gasteiger partial charge in [-0.15, -0.1) is 0 Å². The molecule has 4 heterocycles. The highest BCUT2D eigenvalue weighted by Gasteiger charge is 2.40. The molecule has 1 aromatic carbocycles. The Morgan fingerprint density at radius 3 is 2.24 bits per heavy atom. The van der Waals surface area contributed by atoms with Crippen molar-refractivity contribution in [1.29, 1.82) is 0 Å². The molecule has 0 saturated heterocycles. The number of benzene rings is 1. The maximum absolute atomic E-state index is 5.27. The standard InChI is InChI=1S/C25H31N4.2C2H6/c1-8-25(6)14-13-24(4,5)23-26-20-15(2)16(3)29-18-12-10-9-11-17(18)28(7)22(29)19(20)21(25)27-23;2*1-2/h9-12H,8,13-14H2,1-7H3;2*1-2H3/q+1;;. The molecule has 5 rings (SSSR count). The van der Waals surface area contributed by atoms with Crippen LogP contribution in [0.5, 0.6) is 0 Å². The summed E-state index contributed by atoms with van der Waals surface area (Å²) < 4.78 is 4.74. The molecule has 33 heavy (non-hydrogen) atoms. The number of hydrogen-bond acceptors (Lipinski definition) is 2. The maximum Gasteiger partial charge on any atom is 0.298 e. The van der Waals surface area contributed by atoms with Crippen LogP contribution in [0.25, 0.3) is 27.6 Å². The van der Waals surface area contributed by atoms with Crippen molar-refractivity contribution in [2.24, 2.45) is 7.05 Å². The highest BCUT2D eigenvalue weighted by Crippen LogP contribution is 2.44. The molecule has 3 aromatic heterocycles. The summed E-state index contributed by atoms with van der Waals surface area (Å²) in [5.41, 5.74) is 8.63. The lowest BCUT2D eigenvalue weighted by atomic mass is 9.75. The third kappa shape index (κ3) is 3.62. The van der Waals surface area contributed by atoms with E-state index in [0.29, 0.717) is 0 Å². The van der Waals surface area contributed by atoms with E-state index < -0.39 is 0 Å². The van der Waals surface area contributed by atoms with Gasteiger partial charge in [-0.25, -0.2) is 14.5 Å². The van der Waals surface area contributed by atoms with Gasteiger partial charge in [-0.2, -0.15) is 4.40 Å². The van der Waals surface area contributed by atoms with E-state index in [1.807, 2.05) is 27.7 Å². The maximum atomic E-state index is 5.27. The number of aromatic nitrogens is 4. The molecular formula is C29H43N4+. The van der Waals surface area contributed by atoms with Crippen molar-refractivity contribution in [2.75, 3.05) is 0 Å². The van der Waals surface area contributed by atoms with Gasteiger partial charge in [-0.3, -0.25) is 0 Å². The van der Waals surface area contributed by atoms with E-state index in [2.05, 4.69) is 81.8 Å². The molecule has 4 aromatic rings. The summed E-state index contributed by atoms with van der Waals surface area (Å²) in [6, 6.07) is 8.67. The van der Waals surface area contributed by atoms with Crippen LogP contribution < -0.4 is 4.57 Å². The third-order valence-electron chi connectivity index (χ3n) is 7.64. The van der Waals surface area contributed by atoms with Crippen LogP contribution in [0.3, 0.4) is 0 Å². The zero-order chi connectivity index (χ0) is 24.7. The Labute approximate surface area is 200 Å². The highest BCUT2D eigenvalue weighted by atomic mass is 15.1. The molecule has 178 valence electrons. The van der Waals surface area contributed by atoms with E-state index in [1.165, 1.54) is 39.0 Å². The van der Waals surface area contributed by atoms with Crippen LogP contribution in [-0.4, -0.2) is 14.4 Å². The second-order valence-electron chi connectivity index (χ2n) is 9.83. The van der Waals surface area contributed by atoms with Crippen molar-refractivity contribution in [1.82, 2.24) is 14.4 Å². The molecule has 2 bridgehead atoms. The first kappa shape index (κ1) is 25.1. The average Bonchev–Trinajstić information content (AvgIpc) is 3.11. The molecule has 1 unspecified atom stereocenters. The Morgan fingerprint density at radius 1 is 0.970 bits per heavy atom. The van der Waals surface area contributed by atoms with E-state index in [-0.39, 0.29) is 10.8 Å². The van der Waals surface area contributed by atoms with Gasteiger partial charge >= 0.3 is 0 Å². The third-order valence-corrected chi connectivity index (χ3v) is 7.64. The minimum atomic E-state index is -0.00274. The molecule has 1 atom stereocenters. The second-order valence-corrected chi connectivity index (χ2v) is 9.83. The van der Waals surface area contributed by atoms with Gasteiger partial charge in [0.15, 0.2) is 11.0 Å². The minimum Gasteiger partial charge on any atom is -0.236 e. The number of para-hydroxylation sites is 2. The summed E-state index contributed by atoms with van der Waals surface area (Å²) in [6.45, 7) is 21.7. The number of fused-ring (bicyclic) bond motifs is 8. The summed E-state index contributed by atoms with van der Waals surface area (Å²) in [5.74, 6) is 1.00. The fourth-order valence-corrected chi connectivity index (χ4v) is 5.12. The molecule has 4 heteroatoms. The molecule has 4 nitrogen and oxygen atoms in total. The number of aryl methyl sites for hydroxylation is 3. The van der Waals surface area contributed by atoms with Crippen LogP contribution in [-0.2, 0) is 17.9 Å². The fraction of sp³-hybridized carbons (Fsp3) is 0.552. The van der Waals surface area contributed by atoms with Crippen molar-refractivity contribution >= 4 is 27.6 Å². The Bertz CT molecular complexity index is 1310. The quantitative estimate of drug-likeness (QED) is 0.288. The lowest BCUT2D eigenvalue weighted by Crippen LogP contribution is -2.30. The summed E-state index contributed by atoms with van der Waals surface area (Å²) in [5, 5.41) is 1.23. The largest absolute Gasteiger partial charge is 0.298 e. The van der Waals surface area contributed by atoms with Gasteiger partial charge in [-0.1, -0.05) is 67.5 Å². The van der Waals surface area contributed by atoms with E-state index in [1.54, 1.807) is 0 Å². The van der Waals surface area contributed by atoms with Crippen molar-refractivity contribution < 1.29 is 4.57 Å². The van der Waals surface area contributed by atoms with Crippen LogP contribution in [0, 0.1) is 13.8 Å². The molecular weight excluding hydrogens is 404 g/mol. The van der Waals surface area contributed by atoms with Crippen LogP contribution in [0.1, 0.15) is 97.4 Å². The lowest BCUT2D eigenvalue weighted by molar-refractivity contribution is -0.617. The molecule has 0 amide bonds. The topological polar surface area (TPSA) is 34.1 Å². The number of imidazole rings is 1. The van der Waals surface area contributed by atoms with Crippen LogP contribution in [0.2, 0.25) is 0 Å². The van der Waals surface area contributed by atoms with Crippen molar-refractivity contribution in [3.05, 3.63) is 47.0 Å². The van der Waals surface area contributed by atoms with Gasteiger partial charge in [0, 0.05) is 16.4 Å². The molecule has 0 N–H and O–H groups in total. The van der Waals surface area contributed by atoms with Crippen molar-refractivity contribution in [3.8, 4) is 0 Å². The normalized spacial score (nSPS) is 19.0. The Morgan fingerprint density at radius 2 is 1.61 bits per heavy atom. The first-order valence-corrected chi connectivity index (χ1v) is 12.8. The average molecular weight is 448 g/mol. The van der Waals surface area contributed by atoms with Gasteiger partial charge in [0.25, 0.3) is 5.65 Å². The molecule has 0 radical (unpaired) electrons. The molecule has 0 fully saturated rings. The van der Waals surface area contributed by atoms with Crippen molar-refractivity contribution in [3.63, 3.8) is 0 Å². The minimum absolute atomic E-state index is 0.00274. The molecule has 0 saturated carbocycles. The van der Waals surface area contributed by atoms with Crippen LogP contribution >= 0.6 is 0 Å². The Balaban J connectivity index is 0.000000728. The Kier molecular flexibility index (Phi) is 6.89. The summed E-state index contributed by atoms with van der Waals surface area (Å²) >= 11 is 0. The van der Waals surface area contributed by atoms with E-state index >= 15 is 0 Å². The zero-order valence-electron chi connectivity index (χ0n) is 22.7. The Hall–Kier alpha value is -2.49. The first-order chi connectivity index (χ1) is 15.7.